The second-order valence-electron chi connectivity index (χ2n) is 7.85. The molecule has 0 bridgehead atoms. The molecule has 3 N–H and O–H groups in total. The van der Waals surface area contributed by atoms with Gasteiger partial charge in [-0.2, -0.15) is 5.26 Å². The molecule has 0 amide bonds. The fraction of sp³-hybridized carbons (Fsp3) is 0.103. The van der Waals surface area contributed by atoms with E-state index in [0.717, 1.165) is 28.8 Å². The molecule has 0 fully saturated rings. The summed E-state index contributed by atoms with van der Waals surface area (Å²) >= 11 is 0. The molecule has 0 spiro atoms. The smallest absolute Gasteiger partial charge is 0.201 e. The third-order valence-electron chi connectivity index (χ3n) is 5.49. The van der Waals surface area contributed by atoms with Gasteiger partial charge in [0.25, 0.3) is 0 Å². The summed E-state index contributed by atoms with van der Waals surface area (Å²) in [5.74, 6) is 0.490. The van der Waals surface area contributed by atoms with E-state index < -0.39 is 0 Å². The van der Waals surface area contributed by atoms with Crippen LogP contribution in [-0.2, 0) is 0 Å². The molecule has 0 saturated carbocycles. The molecule has 0 unspecified atom stereocenters. The molecular formula is C29H26N4O. The van der Waals surface area contributed by atoms with E-state index in [0.29, 0.717) is 17.2 Å². The molecular weight excluding hydrogens is 420 g/mol. The van der Waals surface area contributed by atoms with Crippen molar-refractivity contribution < 1.29 is 5.11 Å². The Labute approximate surface area is 200 Å². The van der Waals surface area contributed by atoms with Crippen LogP contribution in [0.1, 0.15) is 30.5 Å². The van der Waals surface area contributed by atoms with Gasteiger partial charge in [0.2, 0.25) is 5.96 Å². The van der Waals surface area contributed by atoms with Crippen molar-refractivity contribution in [2.75, 3.05) is 10.6 Å². The highest BCUT2D eigenvalue weighted by Gasteiger charge is 2.12. The van der Waals surface area contributed by atoms with Crippen molar-refractivity contribution in [2.24, 2.45) is 4.99 Å². The molecule has 0 aliphatic carbocycles. The summed E-state index contributed by atoms with van der Waals surface area (Å²) in [6, 6.07) is 35.2. The molecule has 34 heavy (non-hydrogen) atoms. The van der Waals surface area contributed by atoms with Crippen molar-refractivity contribution in [3.63, 3.8) is 0 Å². The Morgan fingerprint density at radius 2 is 1.50 bits per heavy atom. The number of anilines is 2. The maximum Gasteiger partial charge on any atom is 0.201 e. The molecule has 0 aliphatic rings. The lowest BCUT2D eigenvalue weighted by molar-refractivity contribution is 0.477. The first-order valence-corrected chi connectivity index (χ1v) is 11.2. The largest absolute Gasteiger partial charge is 0.506 e. The summed E-state index contributed by atoms with van der Waals surface area (Å²) < 4.78 is 0. The lowest BCUT2D eigenvalue weighted by Gasteiger charge is -2.18. The van der Waals surface area contributed by atoms with Crippen LogP contribution in [0.3, 0.4) is 0 Å². The van der Waals surface area contributed by atoms with E-state index in [1.807, 2.05) is 54.6 Å². The molecule has 4 aromatic rings. The van der Waals surface area contributed by atoms with Crippen LogP contribution >= 0.6 is 0 Å². The molecule has 0 radical (unpaired) electrons. The molecule has 5 heteroatoms. The summed E-state index contributed by atoms with van der Waals surface area (Å²) in [5.41, 5.74) is 5.10. The van der Waals surface area contributed by atoms with Gasteiger partial charge in [-0.25, -0.2) is 4.99 Å². The van der Waals surface area contributed by atoms with Crippen molar-refractivity contribution >= 4 is 17.3 Å². The van der Waals surface area contributed by atoms with Crippen LogP contribution in [0.5, 0.6) is 5.75 Å². The highest BCUT2D eigenvalue weighted by molar-refractivity contribution is 6.04. The normalized spacial score (nSPS) is 11.9. The fourth-order valence-corrected chi connectivity index (χ4v) is 3.68. The zero-order valence-corrected chi connectivity index (χ0v) is 18.9. The first kappa shape index (κ1) is 22.6. The Morgan fingerprint density at radius 3 is 2.12 bits per heavy atom. The molecule has 0 aromatic heterocycles. The number of benzene rings is 4. The van der Waals surface area contributed by atoms with Gasteiger partial charge in [-0.1, -0.05) is 79.7 Å². The number of aromatic hydroxyl groups is 1. The van der Waals surface area contributed by atoms with Crippen molar-refractivity contribution in [2.45, 2.75) is 19.4 Å². The van der Waals surface area contributed by atoms with Crippen molar-refractivity contribution in [1.29, 1.82) is 5.26 Å². The second kappa shape index (κ2) is 10.8. The van der Waals surface area contributed by atoms with E-state index in [1.165, 1.54) is 6.07 Å². The molecule has 4 aromatic carbocycles. The standard InChI is InChI=1S/C29H26N4O/c1-2-26(24-11-7-4-8-12-24)32-29(33-27-18-13-21(20-30)19-28(27)34)31-25-16-14-23(15-17-25)22-9-5-3-6-10-22/h3-19,26,34H,2H2,1H3,(H2,31,32,33)/t26-/m0/s1. The third-order valence-corrected chi connectivity index (χ3v) is 5.49. The summed E-state index contributed by atoms with van der Waals surface area (Å²) in [4.78, 5) is 4.94. The molecule has 5 nitrogen and oxygen atoms in total. The van der Waals surface area contributed by atoms with Crippen LogP contribution in [-0.4, -0.2) is 11.1 Å². The first-order chi connectivity index (χ1) is 16.7. The fourth-order valence-electron chi connectivity index (χ4n) is 3.68. The SMILES string of the molecule is CC[C@H](N=C(Nc1ccc(-c2ccccc2)cc1)Nc1ccc(C#N)cc1O)c1ccccc1. The van der Waals surface area contributed by atoms with E-state index in [2.05, 4.69) is 54.0 Å². The Bertz CT molecular complexity index is 1290. The number of phenols is 1. The number of hydrogen-bond acceptors (Lipinski definition) is 3. The van der Waals surface area contributed by atoms with E-state index in [-0.39, 0.29) is 11.8 Å². The van der Waals surface area contributed by atoms with E-state index in [4.69, 9.17) is 10.3 Å². The predicted molar refractivity (Wildman–Crippen MR) is 139 cm³/mol. The van der Waals surface area contributed by atoms with Gasteiger partial charge < -0.3 is 15.7 Å². The van der Waals surface area contributed by atoms with E-state index >= 15 is 0 Å². The average Bonchev–Trinajstić information content (AvgIpc) is 2.89. The minimum atomic E-state index is -0.0692. The molecule has 0 aliphatic heterocycles. The van der Waals surface area contributed by atoms with Gasteiger partial charge in [-0.3, -0.25) is 0 Å². The summed E-state index contributed by atoms with van der Waals surface area (Å²) in [7, 11) is 0. The Balaban J connectivity index is 1.64. The van der Waals surface area contributed by atoms with Gasteiger partial charge in [0.05, 0.1) is 23.4 Å². The van der Waals surface area contributed by atoms with Crippen LogP contribution in [0.15, 0.2) is 108 Å². The average molecular weight is 447 g/mol. The topological polar surface area (TPSA) is 80.4 Å². The van der Waals surface area contributed by atoms with Crippen LogP contribution in [0, 0.1) is 11.3 Å². The second-order valence-corrected chi connectivity index (χ2v) is 7.85. The van der Waals surface area contributed by atoms with E-state index in [9.17, 15) is 5.11 Å². The molecule has 0 heterocycles. The quantitative estimate of drug-likeness (QED) is 0.170. The van der Waals surface area contributed by atoms with Gasteiger partial charge in [0.15, 0.2) is 0 Å². The Kier molecular flexibility index (Phi) is 7.22. The maximum atomic E-state index is 10.4. The van der Waals surface area contributed by atoms with E-state index in [1.54, 1.807) is 12.1 Å². The van der Waals surface area contributed by atoms with Crippen LogP contribution in [0.4, 0.5) is 11.4 Å². The van der Waals surface area contributed by atoms with Crippen LogP contribution < -0.4 is 10.6 Å². The van der Waals surface area contributed by atoms with Crippen molar-refractivity contribution in [1.82, 2.24) is 0 Å². The molecule has 4 rings (SSSR count). The number of nitrogens with zero attached hydrogens (tertiary/aromatic N) is 2. The molecule has 0 saturated heterocycles. The van der Waals surface area contributed by atoms with Crippen LogP contribution in [0.2, 0.25) is 0 Å². The van der Waals surface area contributed by atoms with Gasteiger partial charge in [-0.05, 0) is 53.4 Å². The predicted octanol–water partition coefficient (Wildman–Crippen LogP) is 6.96. The zero-order chi connectivity index (χ0) is 23.8. The van der Waals surface area contributed by atoms with Crippen LogP contribution in [0.25, 0.3) is 11.1 Å². The minimum Gasteiger partial charge on any atom is -0.506 e. The zero-order valence-electron chi connectivity index (χ0n) is 18.9. The summed E-state index contributed by atoms with van der Waals surface area (Å²) in [6.45, 7) is 2.09. The number of guanidine groups is 1. The Morgan fingerprint density at radius 1 is 0.853 bits per heavy atom. The number of nitrogens with one attached hydrogen (secondary N) is 2. The number of nitriles is 1. The third kappa shape index (κ3) is 5.62. The highest BCUT2D eigenvalue weighted by atomic mass is 16.3. The highest BCUT2D eigenvalue weighted by Crippen LogP contribution is 2.27. The van der Waals surface area contributed by atoms with Crippen molar-refractivity contribution in [3.05, 3.63) is 114 Å². The number of rotatable bonds is 6. The van der Waals surface area contributed by atoms with Gasteiger partial charge in [0.1, 0.15) is 5.75 Å². The lowest BCUT2D eigenvalue weighted by atomic mass is 10.1. The van der Waals surface area contributed by atoms with Gasteiger partial charge in [-0.15, -0.1) is 0 Å². The lowest BCUT2D eigenvalue weighted by Crippen LogP contribution is -2.23. The van der Waals surface area contributed by atoms with Gasteiger partial charge in [0, 0.05) is 5.69 Å². The number of hydrogen-bond donors (Lipinski definition) is 3. The molecule has 1 atom stereocenters. The van der Waals surface area contributed by atoms with Crippen molar-refractivity contribution in [3.8, 4) is 22.9 Å². The molecule has 168 valence electrons. The monoisotopic (exact) mass is 446 g/mol. The number of aliphatic imine (C=N–C) groups is 1. The Hall–Kier alpha value is -4.56. The summed E-state index contributed by atoms with van der Waals surface area (Å²) in [5, 5.41) is 26.1. The number of phenolic OH excluding ortho intramolecular Hbond substituents is 1. The maximum absolute atomic E-state index is 10.4. The first-order valence-electron chi connectivity index (χ1n) is 11.2. The van der Waals surface area contributed by atoms with Gasteiger partial charge >= 0.3 is 0 Å². The summed E-state index contributed by atoms with van der Waals surface area (Å²) in [6.07, 6.45) is 0.809. The minimum absolute atomic E-state index is 0.0132.